The van der Waals surface area contributed by atoms with Gasteiger partial charge in [-0.25, -0.2) is 0 Å². The van der Waals surface area contributed by atoms with E-state index in [0.29, 0.717) is 13.2 Å². The van der Waals surface area contributed by atoms with Gasteiger partial charge in [-0.3, -0.25) is 0 Å². The Hall–Kier alpha value is -1.20. The summed E-state index contributed by atoms with van der Waals surface area (Å²) in [5.41, 5.74) is 1.13. The van der Waals surface area contributed by atoms with Crippen molar-refractivity contribution in [3.05, 3.63) is 48.0 Å². The maximum Gasteiger partial charge on any atom is 0.164 e. The van der Waals surface area contributed by atoms with Crippen molar-refractivity contribution in [1.82, 2.24) is 0 Å². The Morgan fingerprint density at radius 2 is 2.00 bits per heavy atom. The van der Waals surface area contributed by atoms with Crippen LogP contribution in [0.15, 0.2) is 42.5 Å². The first-order valence-electron chi connectivity index (χ1n) is 6.85. The molecule has 0 amide bonds. The molecule has 4 heteroatoms. The summed E-state index contributed by atoms with van der Waals surface area (Å²) in [5, 5.41) is 8.85. The second kappa shape index (κ2) is 6.99. The van der Waals surface area contributed by atoms with Crippen LogP contribution in [0.3, 0.4) is 0 Å². The molecule has 4 nitrogen and oxygen atoms in total. The third-order valence-electron chi connectivity index (χ3n) is 3.05. The first kappa shape index (κ1) is 15.2. The van der Waals surface area contributed by atoms with Gasteiger partial charge in [0.05, 0.1) is 19.8 Å². The van der Waals surface area contributed by atoms with Crippen molar-refractivity contribution in [2.75, 3.05) is 13.2 Å². The SMILES string of the molecule is CC1(C)O[C@@H](/C=C\CO)[C@H](COCc2ccccc2)O1. The van der Waals surface area contributed by atoms with Crippen molar-refractivity contribution in [3.8, 4) is 0 Å². The molecule has 1 saturated heterocycles. The second-order valence-electron chi connectivity index (χ2n) is 5.25. The normalized spacial score (nSPS) is 25.4. The topological polar surface area (TPSA) is 47.9 Å². The van der Waals surface area contributed by atoms with Crippen LogP contribution in [0, 0.1) is 0 Å². The van der Waals surface area contributed by atoms with Crippen molar-refractivity contribution < 1.29 is 19.3 Å². The summed E-state index contributed by atoms with van der Waals surface area (Å²) in [6, 6.07) is 10.0. The molecule has 1 fully saturated rings. The highest BCUT2D eigenvalue weighted by Crippen LogP contribution is 2.29. The van der Waals surface area contributed by atoms with Crippen LogP contribution in [0.1, 0.15) is 19.4 Å². The number of aliphatic hydroxyl groups is 1. The molecule has 0 aromatic heterocycles. The molecule has 0 radical (unpaired) electrons. The molecule has 2 atom stereocenters. The van der Waals surface area contributed by atoms with Gasteiger partial charge in [0.15, 0.2) is 5.79 Å². The van der Waals surface area contributed by atoms with Gasteiger partial charge in [-0.1, -0.05) is 42.5 Å². The standard InChI is InChI=1S/C16H22O4/c1-16(2)19-14(9-6-10-17)15(20-16)12-18-11-13-7-4-3-5-8-13/h3-9,14-15,17H,10-12H2,1-2H3/b9-6-/t14-,15-/m0/s1. The molecule has 0 unspecified atom stereocenters. The molecule has 0 bridgehead atoms. The summed E-state index contributed by atoms with van der Waals surface area (Å²) in [6.45, 7) is 4.77. The fourth-order valence-electron chi connectivity index (χ4n) is 2.22. The molecule has 1 aliphatic rings. The number of hydrogen-bond acceptors (Lipinski definition) is 4. The van der Waals surface area contributed by atoms with E-state index in [4.69, 9.17) is 19.3 Å². The third kappa shape index (κ3) is 4.42. The fourth-order valence-corrected chi connectivity index (χ4v) is 2.22. The summed E-state index contributed by atoms with van der Waals surface area (Å²) in [5.74, 6) is -0.620. The second-order valence-corrected chi connectivity index (χ2v) is 5.25. The van der Waals surface area contributed by atoms with Crippen molar-refractivity contribution in [1.29, 1.82) is 0 Å². The molecule has 0 aliphatic carbocycles. The predicted octanol–water partition coefficient (Wildman–Crippen LogP) is 2.27. The van der Waals surface area contributed by atoms with Crippen LogP contribution >= 0.6 is 0 Å². The highest BCUT2D eigenvalue weighted by molar-refractivity contribution is 5.13. The minimum atomic E-state index is -0.620. The lowest BCUT2D eigenvalue weighted by Crippen LogP contribution is -2.26. The highest BCUT2D eigenvalue weighted by Gasteiger charge is 2.39. The smallest absolute Gasteiger partial charge is 0.164 e. The van der Waals surface area contributed by atoms with Crippen molar-refractivity contribution in [2.45, 2.75) is 38.4 Å². The van der Waals surface area contributed by atoms with Crippen molar-refractivity contribution >= 4 is 0 Å². The molecular weight excluding hydrogens is 256 g/mol. The lowest BCUT2D eigenvalue weighted by Gasteiger charge is -2.16. The van der Waals surface area contributed by atoms with E-state index in [1.807, 2.05) is 50.3 Å². The van der Waals surface area contributed by atoms with Crippen LogP contribution in [0.5, 0.6) is 0 Å². The molecule has 0 saturated carbocycles. The van der Waals surface area contributed by atoms with Crippen LogP contribution in [0.25, 0.3) is 0 Å². The van der Waals surface area contributed by atoms with E-state index in [1.54, 1.807) is 6.08 Å². The van der Waals surface area contributed by atoms with Crippen LogP contribution in [-0.4, -0.2) is 36.3 Å². The fraction of sp³-hybridized carbons (Fsp3) is 0.500. The molecule has 1 aromatic carbocycles. The van der Waals surface area contributed by atoms with Gasteiger partial charge in [0.1, 0.15) is 12.2 Å². The molecule has 110 valence electrons. The van der Waals surface area contributed by atoms with Crippen molar-refractivity contribution in [2.24, 2.45) is 0 Å². The Bertz CT molecular complexity index is 427. The van der Waals surface area contributed by atoms with Crippen molar-refractivity contribution in [3.63, 3.8) is 0 Å². The summed E-state index contributed by atoms with van der Waals surface area (Å²) < 4.78 is 17.3. The molecule has 0 spiro atoms. The predicted molar refractivity (Wildman–Crippen MR) is 76.1 cm³/mol. The van der Waals surface area contributed by atoms with Crippen LogP contribution in [0.2, 0.25) is 0 Å². The third-order valence-corrected chi connectivity index (χ3v) is 3.05. The van der Waals surface area contributed by atoms with Gasteiger partial charge in [0.25, 0.3) is 0 Å². The largest absolute Gasteiger partial charge is 0.392 e. The molecule has 1 aliphatic heterocycles. The quantitative estimate of drug-likeness (QED) is 0.811. The van der Waals surface area contributed by atoms with E-state index in [1.165, 1.54) is 0 Å². The van der Waals surface area contributed by atoms with Gasteiger partial charge in [0.2, 0.25) is 0 Å². The average molecular weight is 278 g/mol. The Labute approximate surface area is 120 Å². The lowest BCUT2D eigenvalue weighted by molar-refractivity contribution is -0.148. The first-order valence-corrected chi connectivity index (χ1v) is 6.85. The van der Waals surface area contributed by atoms with Gasteiger partial charge in [-0.15, -0.1) is 0 Å². The van der Waals surface area contributed by atoms with E-state index in [2.05, 4.69) is 0 Å². The summed E-state index contributed by atoms with van der Waals surface area (Å²) >= 11 is 0. The zero-order valence-corrected chi connectivity index (χ0v) is 12.0. The van der Waals surface area contributed by atoms with Gasteiger partial charge < -0.3 is 19.3 Å². The van der Waals surface area contributed by atoms with E-state index in [9.17, 15) is 0 Å². The van der Waals surface area contributed by atoms with Gasteiger partial charge in [-0.05, 0) is 19.4 Å². The Morgan fingerprint density at radius 3 is 2.70 bits per heavy atom. The molecule has 1 N–H and O–H groups in total. The van der Waals surface area contributed by atoms with Gasteiger partial charge in [-0.2, -0.15) is 0 Å². The minimum Gasteiger partial charge on any atom is -0.392 e. The summed E-state index contributed by atoms with van der Waals surface area (Å²) in [6.07, 6.45) is 3.15. The number of rotatable bonds is 6. The highest BCUT2D eigenvalue weighted by atomic mass is 16.8. The number of ether oxygens (including phenoxy) is 3. The number of hydrogen-bond donors (Lipinski definition) is 1. The zero-order valence-electron chi connectivity index (χ0n) is 12.0. The summed E-state index contributed by atoms with van der Waals surface area (Å²) in [7, 11) is 0. The molecule has 20 heavy (non-hydrogen) atoms. The number of aliphatic hydroxyl groups excluding tert-OH is 1. The van der Waals surface area contributed by atoms with E-state index in [-0.39, 0.29) is 18.8 Å². The van der Waals surface area contributed by atoms with Gasteiger partial charge >= 0.3 is 0 Å². The van der Waals surface area contributed by atoms with E-state index >= 15 is 0 Å². The maximum absolute atomic E-state index is 8.85. The Morgan fingerprint density at radius 1 is 1.25 bits per heavy atom. The molecule has 1 heterocycles. The van der Waals surface area contributed by atoms with Crippen LogP contribution in [0.4, 0.5) is 0 Å². The average Bonchev–Trinajstić information content (AvgIpc) is 2.72. The van der Waals surface area contributed by atoms with E-state index < -0.39 is 5.79 Å². The minimum absolute atomic E-state index is 0.00210. The molecular formula is C16H22O4. The van der Waals surface area contributed by atoms with E-state index in [0.717, 1.165) is 5.56 Å². The lowest BCUT2D eigenvalue weighted by atomic mass is 10.2. The number of benzene rings is 1. The molecule has 2 rings (SSSR count). The Balaban J connectivity index is 1.85. The maximum atomic E-state index is 8.85. The summed E-state index contributed by atoms with van der Waals surface area (Å²) in [4.78, 5) is 0. The molecule has 1 aromatic rings. The zero-order chi connectivity index (χ0) is 14.4. The first-order chi connectivity index (χ1) is 9.61. The van der Waals surface area contributed by atoms with Crippen LogP contribution < -0.4 is 0 Å². The van der Waals surface area contributed by atoms with Gasteiger partial charge in [0, 0.05) is 0 Å². The monoisotopic (exact) mass is 278 g/mol. The van der Waals surface area contributed by atoms with Crippen LogP contribution in [-0.2, 0) is 20.8 Å². The Kier molecular flexibility index (Phi) is 5.31.